The number of rotatable bonds is 4. The summed E-state index contributed by atoms with van der Waals surface area (Å²) in [6.07, 6.45) is 6.91. The Morgan fingerprint density at radius 2 is 2.36 bits per heavy atom. The first-order valence-electron chi connectivity index (χ1n) is 7.64. The second-order valence-corrected chi connectivity index (χ2v) is 5.85. The predicted octanol–water partition coefficient (Wildman–Crippen LogP) is 2.55. The maximum absolute atomic E-state index is 12.1. The lowest BCUT2D eigenvalue weighted by atomic mass is 10.0. The van der Waals surface area contributed by atoms with Crippen molar-refractivity contribution in [3.05, 3.63) is 35.9 Å². The van der Waals surface area contributed by atoms with E-state index in [-0.39, 0.29) is 24.5 Å². The highest BCUT2D eigenvalue weighted by Gasteiger charge is 2.19. The number of nitrogens with one attached hydrogen (secondary N) is 2. The number of fused-ring (bicyclic) bond motifs is 1. The summed E-state index contributed by atoms with van der Waals surface area (Å²) in [5.41, 5.74) is 1.61. The van der Waals surface area contributed by atoms with Crippen LogP contribution in [0, 0.1) is 5.92 Å². The second-order valence-electron chi connectivity index (χ2n) is 5.85. The summed E-state index contributed by atoms with van der Waals surface area (Å²) in [4.78, 5) is 23.4. The Bertz CT molecular complexity index is 624. The van der Waals surface area contributed by atoms with Crippen molar-refractivity contribution in [1.29, 1.82) is 0 Å². The summed E-state index contributed by atoms with van der Waals surface area (Å²) in [5, 5.41) is 5.80. The first-order chi connectivity index (χ1) is 10.6. The molecule has 0 bridgehead atoms. The van der Waals surface area contributed by atoms with Crippen molar-refractivity contribution >= 4 is 17.5 Å². The van der Waals surface area contributed by atoms with Gasteiger partial charge in [0.05, 0.1) is 11.7 Å². The number of hydrogen-bond acceptors (Lipinski definition) is 3. The zero-order valence-corrected chi connectivity index (χ0v) is 12.6. The molecule has 5 nitrogen and oxygen atoms in total. The molecule has 1 heterocycles. The van der Waals surface area contributed by atoms with Crippen molar-refractivity contribution in [2.45, 2.75) is 32.2 Å². The molecule has 3 rings (SSSR count). The summed E-state index contributed by atoms with van der Waals surface area (Å²) in [6.45, 7) is 1.99. The molecule has 1 aromatic rings. The van der Waals surface area contributed by atoms with Crippen LogP contribution < -0.4 is 15.4 Å². The summed E-state index contributed by atoms with van der Waals surface area (Å²) < 4.78 is 5.33. The van der Waals surface area contributed by atoms with Crippen LogP contribution in [0.4, 0.5) is 5.69 Å². The molecular formula is C17H20N2O3. The lowest BCUT2D eigenvalue weighted by Gasteiger charge is -2.21. The van der Waals surface area contributed by atoms with Gasteiger partial charge in [-0.2, -0.15) is 0 Å². The number of hydrogen-bond donors (Lipinski definition) is 2. The molecule has 0 aromatic heterocycles. The minimum absolute atomic E-state index is 0.0491. The molecule has 0 saturated heterocycles. The van der Waals surface area contributed by atoms with Gasteiger partial charge in [0.2, 0.25) is 5.91 Å². The smallest absolute Gasteiger partial charge is 0.262 e. The van der Waals surface area contributed by atoms with Crippen molar-refractivity contribution in [2.24, 2.45) is 5.92 Å². The fourth-order valence-corrected chi connectivity index (χ4v) is 2.86. The van der Waals surface area contributed by atoms with Crippen LogP contribution in [-0.2, 0) is 9.59 Å². The Labute approximate surface area is 129 Å². The van der Waals surface area contributed by atoms with Crippen molar-refractivity contribution in [1.82, 2.24) is 5.32 Å². The minimum atomic E-state index is -0.158. The Morgan fingerprint density at radius 1 is 1.50 bits per heavy atom. The van der Waals surface area contributed by atoms with E-state index < -0.39 is 0 Å². The van der Waals surface area contributed by atoms with Gasteiger partial charge in [0.1, 0.15) is 5.75 Å². The van der Waals surface area contributed by atoms with Crippen LogP contribution in [0.5, 0.6) is 5.75 Å². The summed E-state index contributed by atoms with van der Waals surface area (Å²) in [6, 6.07) is 5.48. The molecule has 2 atom stereocenters. The molecule has 5 heteroatoms. The largest absolute Gasteiger partial charge is 0.482 e. The van der Waals surface area contributed by atoms with E-state index in [0.29, 0.717) is 23.8 Å². The molecule has 2 N–H and O–H groups in total. The number of benzene rings is 1. The first kappa shape index (κ1) is 14.6. The quantitative estimate of drug-likeness (QED) is 0.840. The fourth-order valence-electron chi connectivity index (χ4n) is 2.86. The maximum Gasteiger partial charge on any atom is 0.262 e. The Hall–Kier alpha value is -2.30. The van der Waals surface area contributed by atoms with Crippen molar-refractivity contribution in [2.75, 3.05) is 11.9 Å². The van der Waals surface area contributed by atoms with Gasteiger partial charge >= 0.3 is 0 Å². The van der Waals surface area contributed by atoms with E-state index >= 15 is 0 Å². The molecule has 22 heavy (non-hydrogen) atoms. The van der Waals surface area contributed by atoms with Crippen molar-refractivity contribution in [3.8, 4) is 5.75 Å². The van der Waals surface area contributed by atoms with Crippen molar-refractivity contribution in [3.63, 3.8) is 0 Å². The van der Waals surface area contributed by atoms with Crippen LogP contribution in [-0.4, -0.2) is 18.4 Å². The molecule has 2 amide bonds. The number of anilines is 1. The highest BCUT2D eigenvalue weighted by molar-refractivity contribution is 5.95. The summed E-state index contributed by atoms with van der Waals surface area (Å²) >= 11 is 0. The average Bonchev–Trinajstić information content (AvgIpc) is 2.99. The van der Waals surface area contributed by atoms with E-state index in [1.807, 2.05) is 25.1 Å². The van der Waals surface area contributed by atoms with Gasteiger partial charge in [-0.25, -0.2) is 0 Å². The van der Waals surface area contributed by atoms with Gasteiger partial charge < -0.3 is 15.4 Å². The molecule has 0 spiro atoms. The SMILES string of the molecule is C[C@H](NC(=O)C[C@@H]1C=CCC1)c1ccc2c(c1)NC(=O)CO2. The van der Waals surface area contributed by atoms with Crippen LogP contribution in [0.15, 0.2) is 30.4 Å². The molecular weight excluding hydrogens is 280 g/mol. The second kappa shape index (κ2) is 6.22. The van der Waals surface area contributed by atoms with Gasteiger partial charge in [0.25, 0.3) is 5.91 Å². The molecule has 1 aromatic carbocycles. The zero-order chi connectivity index (χ0) is 15.5. The third-order valence-electron chi connectivity index (χ3n) is 4.07. The van der Waals surface area contributed by atoms with Gasteiger partial charge in [-0.3, -0.25) is 9.59 Å². The minimum Gasteiger partial charge on any atom is -0.482 e. The Morgan fingerprint density at radius 3 is 3.14 bits per heavy atom. The van der Waals surface area contributed by atoms with E-state index in [2.05, 4.69) is 22.8 Å². The van der Waals surface area contributed by atoms with Gasteiger partial charge in [-0.1, -0.05) is 18.2 Å². The van der Waals surface area contributed by atoms with Gasteiger partial charge in [-0.15, -0.1) is 0 Å². The van der Waals surface area contributed by atoms with E-state index in [0.717, 1.165) is 18.4 Å². The number of ether oxygens (including phenoxy) is 1. The molecule has 1 aliphatic carbocycles. The number of carbonyl (C=O) groups is 2. The standard InChI is InChI=1S/C17H20N2O3/c1-11(18-16(20)8-12-4-2-3-5-12)13-6-7-15-14(9-13)19-17(21)10-22-15/h2,4,6-7,9,11-12H,3,5,8,10H2,1H3,(H,18,20)(H,19,21)/t11-,12+/m0/s1. The molecule has 0 radical (unpaired) electrons. The molecule has 0 unspecified atom stereocenters. The normalized spacial score (nSPS) is 20.8. The maximum atomic E-state index is 12.1. The van der Waals surface area contributed by atoms with Crippen molar-refractivity contribution < 1.29 is 14.3 Å². The number of allylic oxidation sites excluding steroid dienone is 2. The van der Waals surface area contributed by atoms with Gasteiger partial charge in [-0.05, 0) is 43.4 Å². The monoisotopic (exact) mass is 300 g/mol. The topological polar surface area (TPSA) is 67.4 Å². The molecule has 0 saturated carbocycles. The highest BCUT2D eigenvalue weighted by Crippen LogP contribution is 2.30. The van der Waals surface area contributed by atoms with Crippen LogP contribution >= 0.6 is 0 Å². The molecule has 1 aliphatic heterocycles. The number of amides is 2. The van der Waals surface area contributed by atoms with E-state index in [1.165, 1.54) is 0 Å². The first-order valence-corrected chi connectivity index (χ1v) is 7.64. The summed E-state index contributed by atoms with van der Waals surface area (Å²) in [7, 11) is 0. The third-order valence-corrected chi connectivity index (χ3v) is 4.07. The highest BCUT2D eigenvalue weighted by atomic mass is 16.5. The van der Waals surface area contributed by atoms with E-state index in [1.54, 1.807) is 0 Å². The lowest BCUT2D eigenvalue weighted by Crippen LogP contribution is -2.28. The van der Waals surface area contributed by atoms with Crippen LogP contribution in [0.2, 0.25) is 0 Å². The van der Waals surface area contributed by atoms with Crippen LogP contribution in [0.25, 0.3) is 0 Å². The van der Waals surface area contributed by atoms with E-state index in [4.69, 9.17) is 4.74 Å². The van der Waals surface area contributed by atoms with Crippen LogP contribution in [0.3, 0.4) is 0 Å². The lowest BCUT2D eigenvalue weighted by molar-refractivity contribution is -0.122. The predicted molar refractivity (Wildman–Crippen MR) is 83.6 cm³/mol. The summed E-state index contributed by atoms with van der Waals surface area (Å²) in [5.74, 6) is 0.929. The Kier molecular flexibility index (Phi) is 4.13. The third kappa shape index (κ3) is 3.30. The Balaban J connectivity index is 1.63. The molecule has 0 fully saturated rings. The van der Waals surface area contributed by atoms with Gasteiger partial charge in [0.15, 0.2) is 6.61 Å². The fraction of sp³-hybridized carbons (Fsp3) is 0.412. The number of carbonyl (C=O) groups excluding carboxylic acids is 2. The van der Waals surface area contributed by atoms with Gasteiger partial charge in [0, 0.05) is 6.42 Å². The molecule has 2 aliphatic rings. The molecule has 116 valence electrons. The van der Waals surface area contributed by atoms with Crippen LogP contribution in [0.1, 0.15) is 37.8 Å². The van der Waals surface area contributed by atoms with E-state index in [9.17, 15) is 9.59 Å². The zero-order valence-electron chi connectivity index (χ0n) is 12.6. The average molecular weight is 300 g/mol.